The summed E-state index contributed by atoms with van der Waals surface area (Å²) in [5.41, 5.74) is 1.14. The minimum absolute atomic E-state index is 1.14. The van der Waals surface area contributed by atoms with Gasteiger partial charge in [0.25, 0.3) is 0 Å². The van der Waals surface area contributed by atoms with Gasteiger partial charge < -0.3 is 0 Å². The molecule has 0 aliphatic rings. The van der Waals surface area contributed by atoms with Crippen molar-refractivity contribution in [3.05, 3.63) is 34.5 Å². The number of benzene rings is 1. The first kappa shape index (κ1) is 7.79. The quantitative estimate of drug-likeness (QED) is 0.728. The number of rotatable bonds is 1. The number of nitrogens with zero attached hydrogens (tertiary/aromatic N) is 2. The Bertz CT molecular complexity index is 417. The van der Waals surface area contributed by atoms with Gasteiger partial charge in [-0.25, -0.2) is 4.68 Å². The third kappa shape index (κ3) is 1.24. The van der Waals surface area contributed by atoms with Crippen LogP contribution in [0, 0.1) is 0 Å². The summed E-state index contributed by atoms with van der Waals surface area (Å²) in [6.07, 6.45) is 3.80. The Kier molecular flexibility index (Phi) is 2.12. The van der Waals surface area contributed by atoms with Gasteiger partial charge in [0.1, 0.15) is 0 Å². The van der Waals surface area contributed by atoms with Crippen LogP contribution in [0.25, 0.3) is 17.1 Å². The van der Waals surface area contributed by atoms with Gasteiger partial charge in [0, 0.05) is 11.6 Å². The SMILES string of the molecule is I/C=C/n1ncc2ccccc21. The molecule has 2 nitrogen and oxygen atoms in total. The maximum Gasteiger partial charge on any atom is 0.0734 e. The highest BCUT2D eigenvalue weighted by Gasteiger charge is 1.96. The highest BCUT2D eigenvalue weighted by molar-refractivity contribution is 14.1. The topological polar surface area (TPSA) is 17.8 Å². The zero-order valence-corrected chi connectivity index (χ0v) is 8.47. The lowest BCUT2D eigenvalue weighted by Gasteiger charge is -1.92. The van der Waals surface area contributed by atoms with Gasteiger partial charge in [-0.15, -0.1) is 0 Å². The van der Waals surface area contributed by atoms with Crippen molar-refractivity contribution in [2.75, 3.05) is 0 Å². The molecule has 0 spiro atoms. The standard InChI is InChI=1S/C9H7IN2/c10-5-6-12-9-4-2-1-3-8(9)7-11-12/h1-7H/b6-5+. The van der Waals surface area contributed by atoms with Crippen LogP contribution >= 0.6 is 22.6 Å². The smallest absolute Gasteiger partial charge is 0.0734 e. The third-order valence-electron chi connectivity index (χ3n) is 1.70. The molecule has 0 saturated carbocycles. The Balaban J connectivity index is 2.70. The van der Waals surface area contributed by atoms with Crippen LogP contribution in [0.3, 0.4) is 0 Å². The van der Waals surface area contributed by atoms with E-state index < -0.39 is 0 Å². The normalized spacial score (nSPS) is 11.4. The molecule has 0 amide bonds. The number of aromatic nitrogens is 2. The molecule has 1 aromatic carbocycles. The molecule has 3 heteroatoms. The molecule has 0 bridgehead atoms. The van der Waals surface area contributed by atoms with Crippen LogP contribution in [0.15, 0.2) is 34.5 Å². The Labute approximate surface area is 84.0 Å². The van der Waals surface area contributed by atoms with Crippen LogP contribution in [-0.4, -0.2) is 9.78 Å². The lowest BCUT2D eigenvalue weighted by molar-refractivity contribution is 0.968. The van der Waals surface area contributed by atoms with E-state index in [1.165, 1.54) is 5.39 Å². The van der Waals surface area contributed by atoms with Crippen molar-refractivity contribution < 1.29 is 0 Å². The van der Waals surface area contributed by atoms with Crippen molar-refractivity contribution in [2.24, 2.45) is 0 Å². The Morgan fingerprint density at radius 3 is 3.00 bits per heavy atom. The van der Waals surface area contributed by atoms with Crippen LogP contribution in [0.4, 0.5) is 0 Å². The van der Waals surface area contributed by atoms with Gasteiger partial charge in [0.15, 0.2) is 0 Å². The van der Waals surface area contributed by atoms with Crippen LogP contribution in [0.1, 0.15) is 0 Å². The second kappa shape index (κ2) is 3.26. The van der Waals surface area contributed by atoms with Gasteiger partial charge in [-0.1, -0.05) is 40.8 Å². The average molecular weight is 270 g/mol. The summed E-state index contributed by atoms with van der Waals surface area (Å²) < 4.78 is 3.80. The molecular formula is C9H7IN2. The summed E-state index contributed by atoms with van der Waals surface area (Å²) in [4.78, 5) is 0. The molecule has 0 unspecified atom stereocenters. The maximum absolute atomic E-state index is 4.21. The molecule has 12 heavy (non-hydrogen) atoms. The van der Waals surface area contributed by atoms with Gasteiger partial charge in [-0.05, 0) is 10.1 Å². The molecular weight excluding hydrogens is 263 g/mol. The Hall–Kier alpha value is -0.840. The summed E-state index contributed by atoms with van der Waals surface area (Å²) in [6.45, 7) is 0. The van der Waals surface area contributed by atoms with E-state index in [0.29, 0.717) is 0 Å². The van der Waals surface area contributed by atoms with Crippen molar-refractivity contribution in [3.63, 3.8) is 0 Å². The number of hydrogen-bond donors (Lipinski definition) is 0. The van der Waals surface area contributed by atoms with Gasteiger partial charge in [-0.2, -0.15) is 5.10 Å². The van der Waals surface area contributed by atoms with E-state index in [4.69, 9.17) is 0 Å². The number of para-hydroxylation sites is 1. The molecule has 0 saturated heterocycles. The van der Waals surface area contributed by atoms with E-state index >= 15 is 0 Å². The fraction of sp³-hybridized carbons (Fsp3) is 0. The molecule has 1 heterocycles. The molecule has 0 radical (unpaired) electrons. The van der Waals surface area contributed by atoms with Crippen molar-refractivity contribution >= 4 is 39.7 Å². The first-order valence-corrected chi connectivity index (χ1v) is 4.85. The average Bonchev–Trinajstić information content (AvgIpc) is 2.50. The third-order valence-corrected chi connectivity index (χ3v) is 2.02. The highest BCUT2D eigenvalue weighted by Crippen LogP contribution is 2.12. The molecule has 0 N–H and O–H groups in total. The van der Waals surface area contributed by atoms with E-state index in [0.717, 1.165) is 5.52 Å². The first-order valence-electron chi connectivity index (χ1n) is 3.61. The molecule has 0 atom stereocenters. The fourth-order valence-corrected chi connectivity index (χ4v) is 1.47. The zero-order valence-electron chi connectivity index (χ0n) is 6.31. The molecule has 0 aliphatic heterocycles. The van der Waals surface area contributed by atoms with Crippen molar-refractivity contribution in [1.29, 1.82) is 0 Å². The van der Waals surface area contributed by atoms with Crippen LogP contribution in [0.5, 0.6) is 0 Å². The van der Waals surface area contributed by atoms with E-state index in [1.807, 2.05) is 33.3 Å². The Morgan fingerprint density at radius 1 is 1.33 bits per heavy atom. The largest absolute Gasteiger partial charge is 0.240 e. The van der Waals surface area contributed by atoms with Crippen molar-refractivity contribution in [1.82, 2.24) is 9.78 Å². The number of halogens is 1. The summed E-state index contributed by atoms with van der Waals surface area (Å²) in [5.74, 6) is 0. The lowest BCUT2D eigenvalue weighted by Crippen LogP contribution is -1.85. The minimum atomic E-state index is 1.14. The lowest BCUT2D eigenvalue weighted by atomic mass is 10.3. The number of hydrogen-bond acceptors (Lipinski definition) is 1. The van der Waals surface area contributed by atoms with Gasteiger partial charge in [-0.3, -0.25) is 0 Å². The summed E-state index contributed by atoms with van der Waals surface area (Å²) in [6, 6.07) is 8.14. The van der Waals surface area contributed by atoms with Crippen molar-refractivity contribution in [3.8, 4) is 0 Å². The van der Waals surface area contributed by atoms with Crippen LogP contribution in [0.2, 0.25) is 0 Å². The monoisotopic (exact) mass is 270 g/mol. The second-order valence-electron chi connectivity index (χ2n) is 2.42. The molecule has 60 valence electrons. The van der Waals surface area contributed by atoms with E-state index in [-0.39, 0.29) is 0 Å². The van der Waals surface area contributed by atoms with Gasteiger partial charge >= 0.3 is 0 Å². The van der Waals surface area contributed by atoms with Crippen LogP contribution in [-0.2, 0) is 0 Å². The van der Waals surface area contributed by atoms with E-state index in [9.17, 15) is 0 Å². The highest BCUT2D eigenvalue weighted by atomic mass is 127. The summed E-state index contributed by atoms with van der Waals surface area (Å²) >= 11 is 2.18. The second-order valence-corrected chi connectivity index (χ2v) is 3.14. The summed E-state index contributed by atoms with van der Waals surface area (Å²) in [5, 5.41) is 5.38. The van der Waals surface area contributed by atoms with E-state index in [1.54, 1.807) is 0 Å². The molecule has 2 rings (SSSR count). The molecule has 0 fully saturated rings. The zero-order chi connectivity index (χ0) is 8.39. The van der Waals surface area contributed by atoms with Crippen LogP contribution < -0.4 is 0 Å². The molecule has 0 aliphatic carbocycles. The van der Waals surface area contributed by atoms with E-state index in [2.05, 4.69) is 39.8 Å². The summed E-state index contributed by atoms with van der Waals surface area (Å²) in [7, 11) is 0. The molecule has 1 aromatic heterocycles. The predicted octanol–water partition coefficient (Wildman–Crippen LogP) is 2.90. The maximum atomic E-state index is 4.21. The van der Waals surface area contributed by atoms with Crippen molar-refractivity contribution in [2.45, 2.75) is 0 Å². The van der Waals surface area contributed by atoms with Gasteiger partial charge in [0.2, 0.25) is 0 Å². The van der Waals surface area contributed by atoms with Gasteiger partial charge in [0.05, 0.1) is 11.7 Å². The minimum Gasteiger partial charge on any atom is -0.240 e. The number of fused-ring (bicyclic) bond motifs is 1. The fourth-order valence-electron chi connectivity index (χ4n) is 1.16. The molecule has 2 aromatic rings. The predicted molar refractivity (Wildman–Crippen MR) is 59.1 cm³/mol. The Morgan fingerprint density at radius 2 is 2.17 bits per heavy atom. The first-order chi connectivity index (χ1) is 5.92.